The summed E-state index contributed by atoms with van der Waals surface area (Å²) < 4.78 is 0. The Labute approximate surface area is 75.6 Å². The summed E-state index contributed by atoms with van der Waals surface area (Å²) in [5.74, 6) is 0. The largest absolute Gasteiger partial charge is 0.360 e. The summed E-state index contributed by atoms with van der Waals surface area (Å²) in [7, 11) is 0. The third-order valence-electron chi connectivity index (χ3n) is 1.95. The summed E-state index contributed by atoms with van der Waals surface area (Å²) in [6.45, 7) is 2.10. The Kier molecular flexibility index (Phi) is 1.77. The highest BCUT2D eigenvalue weighted by Crippen LogP contribution is 2.18. The van der Waals surface area contributed by atoms with E-state index in [0.717, 1.165) is 17.5 Å². The first-order valence-corrected chi connectivity index (χ1v) is 4.31. The second-order valence-corrected chi connectivity index (χ2v) is 3.08. The molecule has 0 unspecified atom stereocenters. The Balaban J connectivity index is 2.75. The fourth-order valence-electron chi connectivity index (χ4n) is 1.30. The number of halogens is 1. The molecule has 0 atom stereocenters. The van der Waals surface area contributed by atoms with Gasteiger partial charge in [-0.2, -0.15) is 0 Å². The van der Waals surface area contributed by atoms with Gasteiger partial charge in [0.25, 0.3) is 0 Å². The van der Waals surface area contributed by atoms with Crippen LogP contribution in [-0.2, 0) is 6.42 Å². The zero-order chi connectivity index (χ0) is 8.55. The van der Waals surface area contributed by atoms with Crippen LogP contribution in [0.15, 0.2) is 18.3 Å². The van der Waals surface area contributed by atoms with E-state index < -0.39 is 0 Å². The van der Waals surface area contributed by atoms with Crippen LogP contribution in [0.2, 0.25) is 5.15 Å². The predicted molar refractivity (Wildman–Crippen MR) is 50.5 cm³/mol. The zero-order valence-electron chi connectivity index (χ0n) is 6.76. The molecule has 12 heavy (non-hydrogen) atoms. The molecule has 0 aliphatic carbocycles. The van der Waals surface area contributed by atoms with Crippen LogP contribution in [0.1, 0.15) is 12.5 Å². The number of hydrogen-bond donors (Lipinski definition) is 1. The minimum absolute atomic E-state index is 0.553. The SMILES string of the molecule is CCc1c[nH]c2ccc(Cl)nc12. The second kappa shape index (κ2) is 2.79. The number of nitrogens with zero attached hydrogens (tertiary/aromatic N) is 1. The van der Waals surface area contributed by atoms with Gasteiger partial charge in [-0.05, 0) is 24.1 Å². The fraction of sp³-hybridized carbons (Fsp3) is 0.222. The zero-order valence-corrected chi connectivity index (χ0v) is 7.52. The third kappa shape index (κ3) is 1.08. The van der Waals surface area contributed by atoms with Crippen molar-refractivity contribution in [3.8, 4) is 0 Å². The molecule has 2 nitrogen and oxygen atoms in total. The molecule has 0 aliphatic rings. The van der Waals surface area contributed by atoms with Gasteiger partial charge in [-0.25, -0.2) is 4.98 Å². The molecule has 2 aromatic heterocycles. The van der Waals surface area contributed by atoms with Crippen LogP contribution in [0.25, 0.3) is 11.0 Å². The number of pyridine rings is 1. The number of nitrogens with one attached hydrogen (secondary N) is 1. The average Bonchev–Trinajstić information content (AvgIpc) is 2.46. The highest BCUT2D eigenvalue weighted by molar-refractivity contribution is 6.29. The van der Waals surface area contributed by atoms with Crippen LogP contribution in [0.4, 0.5) is 0 Å². The molecule has 0 bridgehead atoms. The third-order valence-corrected chi connectivity index (χ3v) is 2.16. The molecule has 0 saturated heterocycles. The lowest BCUT2D eigenvalue weighted by Crippen LogP contribution is -1.80. The lowest BCUT2D eigenvalue weighted by atomic mass is 10.2. The van der Waals surface area contributed by atoms with E-state index in [2.05, 4.69) is 16.9 Å². The van der Waals surface area contributed by atoms with Crippen molar-refractivity contribution in [2.45, 2.75) is 13.3 Å². The van der Waals surface area contributed by atoms with Gasteiger partial charge >= 0.3 is 0 Å². The van der Waals surface area contributed by atoms with Gasteiger partial charge in [0.2, 0.25) is 0 Å². The monoisotopic (exact) mass is 180 g/mol. The highest BCUT2D eigenvalue weighted by Gasteiger charge is 2.02. The van der Waals surface area contributed by atoms with E-state index in [4.69, 9.17) is 11.6 Å². The fourth-order valence-corrected chi connectivity index (χ4v) is 1.45. The Morgan fingerprint density at radius 2 is 2.33 bits per heavy atom. The minimum atomic E-state index is 0.553. The van der Waals surface area contributed by atoms with Crippen molar-refractivity contribution in [1.29, 1.82) is 0 Å². The van der Waals surface area contributed by atoms with Crippen molar-refractivity contribution in [3.05, 3.63) is 29.0 Å². The van der Waals surface area contributed by atoms with Gasteiger partial charge in [-0.3, -0.25) is 0 Å². The van der Waals surface area contributed by atoms with E-state index in [0.29, 0.717) is 5.15 Å². The lowest BCUT2D eigenvalue weighted by Gasteiger charge is -1.92. The molecule has 3 heteroatoms. The van der Waals surface area contributed by atoms with E-state index in [1.54, 1.807) is 6.07 Å². The number of aromatic amines is 1. The molecular formula is C9H9ClN2. The molecule has 0 fully saturated rings. The van der Waals surface area contributed by atoms with Crippen molar-refractivity contribution in [2.24, 2.45) is 0 Å². The molecule has 2 rings (SSSR count). The molecule has 0 aromatic carbocycles. The molecular weight excluding hydrogens is 172 g/mol. The molecule has 62 valence electrons. The van der Waals surface area contributed by atoms with Gasteiger partial charge in [0.05, 0.1) is 11.0 Å². The van der Waals surface area contributed by atoms with Gasteiger partial charge in [-0.15, -0.1) is 0 Å². The molecule has 0 spiro atoms. The van der Waals surface area contributed by atoms with E-state index in [9.17, 15) is 0 Å². The molecule has 1 N–H and O–H groups in total. The van der Waals surface area contributed by atoms with Crippen LogP contribution in [-0.4, -0.2) is 9.97 Å². The summed E-state index contributed by atoms with van der Waals surface area (Å²) in [6.07, 6.45) is 2.96. The lowest BCUT2D eigenvalue weighted by molar-refractivity contribution is 1.14. The van der Waals surface area contributed by atoms with E-state index in [1.165, 1.54) is 5.56 Å². The summed E-state index contributed by atoms with van der Waals surface area (Å²) in [6, 6.07) is 3.74. The second-order valence-electron chi connectivity index (χ2n) is 2.70. The Hall–Kier alpha value is -1.02. The van der Waals surface area contributed by atoms with Crippen molar-refractivity contribution in [2.75, 3.05) is 0 Å². The Morgan fingerprint density at radius 1 is 1.50 bits per heavy atom. The number of H-pyrrole nitrogens is 1. The summed E-state index contributed by atoms with van der Waals surface area (Å²) >= 11 is 5.78. The van der Waals surface area contributed by atoms with Crippen LogP contribution in [0, 0.1) is 0 Å². The standard InChI is InChI=1S/C9H9ClN2/c1-2-6-5-11-7-3-4-8(10)12-9(6)7/h3-5,11H,2H2,1H3. The normalized spacial score (nSPS) is 10.8. The van der Waals surface area contributed by atoms with Crippen molar-refractivity contribution < 1.29 is 0 Å². The quantitative estimate of drug-likeness (QED) is 0.672. The maximum atomic E-state index is 5.78. The summed E-state index contributed by atoms with van der Waals surface area (Å²) in [5, 5.41) is 0.553. The average molecular weight is 181 g/mol. The maximum Gasteiger partial charge on any atom is 0.129 e. The molecule has 2 heterocycles. The van der Waals surface area contributed by atoms with Crippen LogP contribution in [0.3, 0.4) is 0 Å². The highest BCUT2D eigenvalue weighted by atomic mass is 35.5. The molecule has 0 radical (unpaired) electrons. The van der Waals surface area contributed by atoms with Crippen LogP contribution in [0.5, 0.6) is 0 Å². The topological polar surface area (TPSA) is 28.7 Å². The van der Waals surface area contributed by atoms with Gasteiger partial charge < -0.3 is 4.98 Å². The molecule has 2 aromatic rings. The maximum absolute atomic E-state index is 5.78. The van der Waals surface area contributed by atoms with Crippen molar-refractivity contribution >= 4 is 22.6 Å². The first-order chi connectivity index (χ1) is 5.81. The molecule has 0 aliphatic heterocycles. The van der Waals surface area contributed by atoms with Crippen LogP contribution < -0.4 is 0 Å². The van der Waals surface area contributed by atoms with E-state index >= 15 is 0 Å². The number of rotatable bonds is 1. The van der Waals surface area contributed by atoms with Gasteiger partial charge in [-0.1, -0.05) is 18.5 Å². The van der Waals surface area contributed by atoms with Gasteiger partial charge in [0.15, 0.2) is 0 Å². The number of aryl methyl sites for hydroxylation is 1. The first-order valence-electron chi connectivity index (χ1n) is 3.93. The van der Waals surface area contributed by atoms with Gasteiger partial charge in [0, 0.05) is 6.20 Å². The molecule has 0 amide bonds. The summed E-state index contributed by atoms with van der Waals surface area (Å²) in [5.41, 5.74) is 3.26. The van der Waals surface area contributed by atoms with Gasteiger partial charge in [0.1, 0.15) is 5.15 Å². The Bertz CT molecular complexity index is 406. The minimum Gasteiger partial charge on any atom is -0.360 e. The Morgan fingerprint density at radius 3 is 3.08 bits per heavy atom. The first kappa shape index (κ1) is 7.62. The smallest absolute Gasteiger partial charge is 0.129 e. The van der Waals surface area contributed by atoms with Crippen molar-refractivity contribution in [3.63, 3.8) is 0 Å². The van der Waals surface area contributed by atoms with E-state index in [1.807, 2.05) is 12.3 Å². The van der Waals surface area contributed by atoms with Crippen LogP contribution >= 0.6 is 11.6 Å². The number of fused-ring (bicyclic) bond motifs is 1. The number of aromatic nitrogens is 2. The van der Waals surface area contributed by atoms with E-state index in [-0.39, 0.29) is 0 Å². The predicted octanol–water partition coefficient (Wildman–Crippen LogP) is 2.78. The molecule has 0 saturated carbocycles. The summed E-state index contributed by atoms with van der Waals surface area (Å²) in [4.78, 5) is 7.39. The number of hydrogen-bond acceptors (Lipinski definition) is 1. The van der Waals surface area contributed by atoms with Crippen molar-refractivity contribution in [1.82, 2.24) is 9.97 Å².